The number of hydrogen-bond donors (Lipinski definition) is 0. The van der Waals surface area contributed by atoms with E-state index < -0.39 is 0 Å². The second kappa shape index (κ2) is 6.90. The summed E-state index contributed by atoms with van der Waals surface area (Å²) in [4.78, 5) is 2.26. The van der Waals surface area contributed by atoms with Gasteiger partial charge in [0.05, 0.1) is 26.7 Å². The Balaban J connectivity index is 2.51. The lowest BCUT2D eigenvalue weighted by atomic mass is 10.1. The molecular weight excluding hydrogens is 376 g/mol. The van der Waals surface area contributed by atoms with Crippen LogP contribution < -0.4 is 14.2 Å². The molecule has 1 unspecified atom stereocenters. The molecule has 0 bridgehead atoms. The molecule has 0 saturated carbocycles. The number of hydrogen-bond acceptors (Lipinski definition) is 4. The van der Waals surface area contributed by atoms with Gasteiger partial charge in [-0.15, -0.1) is 22.9 Å². The number of thiophene rings is 1. The highest BCUT2D eigenvalue weighted by atomic mass is 79.9. The minimum atomic E-state index is -0.285. The van der Waals surface area contributed by atoms with Crippen LogP contribution in [-0.4, -0.2) is 21.3 Å². The number of rotatable bonds is 5. The summed E-state index contributed by atoms with van der Waals surface area (Å²) in [5, 5.41) is -0.285. The second-order valence-electron chi connectivity index (χ2n) is 4.39. The largest absolute Gasteiger partial charge is 0.493 e. The van der Waals surface area contributed by atoms with E-state index in [1.165, 1.54) is 4.88 Å². The quantitative estimate of drug-likeness (QED) is 0.658. The van der Waals surface area contributed by atoms with Gasteiger partial charge in [0.2, 0.25) is 5.75 Å². The molecule has 6 heteroatoms. The summed E-state index contributed by atoms with van der Waals surface area (Å²) in [7, 11) is 4.77. The molecule has 0 aliphatic heterocycles. The Morgan fingerprint density at radius 1 is 1.05 bits per heavy atom. The third-order valence-electron chi connectivity index (χ3n) is 3.05. The zero-order valence-electron chi connectivity index (χ0n) is 12.2. The van der Waals surface area contributed by atoms with Crippen LogP contribution in [0.3, 0.4) is 0 Å². The van der Waals surface area contributed by atoms with E-state index in [1.54, 1.807) is 32.7 Å². The van der Waals surface area contributed by atoms with Crippen molar-refractivity contribution in [3.8, 4) is 17.2 Å². The van der Waals surface area contributed by atoms with E-state index in [0.717, 1.165) is 14.9 Å². The van der Waals surface area contributed by atoms with Crippen molar-refractivity contribution in [2.24, 2.45) is 0 Å². The minimum absolute atomic E-state index is 0.285. The number of alkyl halides is 1. The highest BCUT2D eigenvalue weighted by Crippen LogP contribution is 2.45. The summed E-state index contributed by atoms with van der Waals surface area (Å²) in [6, 6.07) is 5.81. The average Bonchev–Trinajstić information content (AvgIpc) is 2.83. The SMILES string of the molecule is COc1cc(C(Cl)c2sc(C)cc2Br)cc(OC)c1OC. The molecule has 0 fully saturated rings. The summed E-state index contributed by atoms with van der Waals surface area (Å²) in [6.45, 7) is 2.05. The Morgan fingerprint density at radius 3 is 2.00 bits per heavy atom. The number of aryl methyl sites for hydroxylation is 1. The van der Waals surface area contributed by atoms with E-state index in [4.69, 9.17) is 25.8 Å². The van der Waals surface area contributed by atoms with E-state index in [0.29, 0.717) is 17.2 Å². The van der Waals surface area contributed by atoms with Crippen LogP contribution in [-0.2, 0) is 0 Å². The van der Waals surface area contributed by atoms with Crippen LogP contribution in [0.2, 0.25) is 0 Å². The molecule has 0 spiro atoms. The van der Waals surface area contributed by atoms with E-state index in [1.807, 2.05) is 12.1 Å². The molecule has 1 atom stereocenters. The first-order chi connectivity index (χ1) is 10.0. The van der Waals surface area contributed by atoms with Crippen LogP contribution >= 0.6 is 38.9 Å². The van der Waals surface area contributed by atoms with Gasteiger partial charge in [0.1, 0.15) is 0 Å². The molecule has 1 aromatic carbocycles. The van der Waals surface area contributed by atoms with Crippen LogP contribution in [0.15, 0.2) is 22.7 Å². The Hall–Kier alpha value is -0.910. The molecule has 114 valence electrons. The van der Waals surface area contributed by atoms with Gasteiger partial charge in [0, 0.05) is 14.2 Å². The van der Waals surface area contributed by atoms with Gasteiger partial charge in [-0.25, -0.2) is 0 Å². The molecule has 1 heterocycles. The topological polar surface area (TPSA) is 27.7 Å². The van der Waals surface area contributed by atoms with Crippen molar-refractivity contribution in [2.75, 3.05) is 21.3 Å². The van der Waals surface area contributed by atoms with Gasteiger partial charge in [-0.2, -0.15) is 0 Å². The third kappa shape index (κ3) is 3.30. The summed E-state index contributed by atoms with van der Waals surface area (Å²) in [5.74, 6) is 1.76. The Bertz CT molecular complexity index is 617. The van der Waals surface area contributed by atoms with Gasteiger partial charge in [0.25, 0.3) is 0 Å². The van der Waals surface area contributed by atoms with Gasteiger partial charge in [-0.1, -0.05) is 0 Å². The summed E-state index contributed by atoms with van der Waals surface area (Å²) in [5.41, 5.74) is 0.897. The van der Waals surface area contributed by atoms with Crippen LogP contribution in [0.25, 0.3) is 0 Å². The fourth-order valence-corrected chi connectivity index (χ4v) is 4.47. The summed E-state index contributed by atoms with van der Waals surface area (Å²) in [6.07, 6.45) is 0. The summed E-state index contributed by atoms with van der Waals surface area (Å²) < 4.78 is 17.1. The molecule has 2 rings (SSSR count). The molecule has 1 aromatic heterocycles. The zero-order chi connectivity index (χ0) is 15.6. The monoisotopic (exact) mass is 390 g/mol. The minimum Gasteiger partial charge on any atom is -0.493 e. The predicted molar refractivity (Wildman–Crippen MR) is 90.6 cm³/mol. The third-order valence-corrected chi connectivity index (χ3v) is 5.68. The molecule has 0 aliphatic rings. The fraction of sp³-hybridized carbons (Fsp3) is 0.333. The first kappa shape index (κ1) is 16.5. The van der Waals surface area contributed by atoms with Crippen molar-refractivity contribution in [3.63, 3.8) is 0 Å². The molecular formula is C15H16BrClO3S. The molecule has 0 amide bonds. The van der Waals surface area contributed by atoms with Crippen LogP contribution in [0.1, 0.15) is 20.7 Å². The highest BCUT2D eigenvalue weighted by molar-refractivity contribution is 9.10. The van der Waals surface area contributed by atoms with E-state index in [2.05, 4.69) is 28.9 Å². The number of halogens is 2. The van der Waals surface area contributed by atoms with Gasteiger partial charge >= 0.3 is 0 Å². The summed E-state index contributed by atoms with van der Waals surface area (Å²) >= 11 is 11.8. The first-order valence-corrected chi connectivity index (χ1v) is 8.26. The first-order valence-electron chi connectivity index (χ1n) is 6.21. The van der Waals surface area contributed by atoms with Crippen molar-refractivity contribution < 1.29 is 14.2 Å². The maximum Gasteiger partial charge on any atom is 0.203 e. The lowest BCUT2D eigenvalue weighted by Crippen LogP contribution is -1.99. The normalized spacial score (nSPS) is 12.1. The van der Waals surface area contributed by atoms with Gasteiger partial charge in [0.15, 0.2) is 11.5 Å². The van der Waals surface area contributed by atoms with Crippen molar-refractivity contribution in [1.82, 2.24) is 0 Å². The van der Waals surface area contributed by atoms with Crippen LogP contribution in [0.5, 0.6) is 17.2 Å². The van der Waals surface area contributed by atoms with Gasteiger partial charge < -0.3 is 14.2 Å². The molecule has 3 nitrogen and oxygen atoms in total. The number of benzene rings is 1. The molecule has 0 aliphatic carbocycles. The molecule has 2 aromatic rings. The number of methoxy groups -OCH3 is 3. The standard InChI is InChI=1S/C15H16BrClO3S/c1-8-5-10(16)15(21-8)13(17)9-6-11(18-2)14(20-4)12(7-9)19-3/h5-7,13H,1-4H3. The molecule has 21 heavy (non-hydrogen) atoms. The van der Waals surface area contributed by atoms with Crippen molar-refractivity contribution in [1.29, 1.82) is 0 Å². The van der Waals surface area contributed by atoms with Crippen LogP contribution in [0.4, 0.5) is 0 Å². The Morgan fingerprint density at radius 2 is 1.62 bits per heavy atom. The van der Waals surface area contributed by atoms with E-state index >= 15 is 0 Å². The lowest BCUT2D eigenvalue weighted by molar-refractivity contribution is 0.324. The average molecular weight is 392 g/mol. The fourth-order valence-electron chi connectivity index (χ4n) is 2.07. The molecule has 0 saturated heterocycles. The van der Waals surface area contributed by atoms with Crippen molar-refractivity contribution in [2.45, 2.75) is 12.3 Å². The second-order valence-corrected chi connectivity index (χ2v) is 6.97. The smallest absolute Gasteiger partial charge is 0.203 e. The van der Waals surface area contributed by atoms with Crippen molar-refractivity contribution >= 4 is 38.9 Å². The Labute approximate surface area is 141 Å². The zero-order valence-corrected chi connectivity index (χ0v) is 15.4. The number of ether oxygens (including phenoxy) is 3. The molecule has 0 radical (unpaired) electrons. The lowest BCUT2D eigenvalue weighted by Gasteiger charge is -2.16. The van der Waals surface area contributed by atoms with Crippen molar-refractivity contribution in [3.05, 3.63) is 38.0 Å². The van der Waals surface area contributed by atoms with Crippen LogP contribution in [0, 0.1) is 6.92 Å². The van der Waals surface area contributed by atoms with Gasteiger partial charge in [-0.05, 0) is 46.6 Å². The predicted octanol–water partition coefficient (Wildman–Crippen LogP) is 5.17. The van der Waals surface area contributed by atoms with E-state index in [-0.39, 0.29) is 5.38 Å². The maximum atomic E-state index is 6.63. The molecule has 0 N–H and O–H groups in total. The van der Waals surface area contributed by atoms with E-state index in [9.17, 15) is 0 Å². The van der Waals surface area contributed by atoms with Gasteiger partial charge in [-0.3, -0.25) is 0 Å². The Kier molecular flexibility index (Phi) is 5.41. The maximum absolute atomic E-state index is 6.63. The highest BCUT2D eigenvalue weighted by Gasteiger charge is 2.21.